The highest BCUT2D eigenvalue weighted by Gasteiger charge is 2.21. The Labute approximate surface area is 142 Å². The molecule has 1 saturated heterocycles. The second-order valence-corrected chi connectivity index (χ2v) is 5.72. The van der Waals surface area contributed by atoms with Gasteiger partial charge >= 0.3 is 0 Å². The summed E-state index contributed by atoms with van der Waals surface area (Å²) < 4.78 is 16.7. The van der Waals surface area contributed by atoms with E-state index in [1.807, 2.05) is 36.4 Å². The molecule has 2 aromatic rings. The molecule has 0 bridgehead atoms. The zero-order chi connectivity index (χ0) is 16.8. The van der Waals surface area contributed by atoms with Gasteiger partial charge in [0.05, 0.1) is 20.3 Å². The molecule has 1 aliphatic rings. The van der Waals surface area contributed by atoms with Crippen LogP contribution in [0.1, 0.15) is 11.6 Å². The topological polar surface area (TPSA) is 57.0 Å². The zero-order valence-corrected chi connectivity index (χ0v) is 14.0. The molecule has 24 heavy (non-hydrogen) atoms. The largest absolute Gasteiger partial charge is 0.493 e. The highest BCUT2D eigenvalue weighted by molar-refractivity contribution is 5.43. The van der Waals surface area contributed by atoms with Crippen LogP contribution in [0.5, 0.6) is 17.2 Å². The predicted molar refractivity (Wildman–Crippen MR) is 93.7 cm³/mol. The molecule has 0 radical (unpaired) electrons. The summed E-state index contributed by atoms with van der Waals surface area (Å²) in [4.78, 5) is 2.37. The molecule has 0 saturated carbocycles. The lowest BCUT2D eigenvalue weighted by atomic mass is 10.0. The molecule has 3 rings (SSSR count). The van der Waals surface area contributed by atoms with E-state index in [1.54, 1.807) is 7.11 Å². The van der Waals surface area contributed by atoms with Gasteiger partial charge < -0.3 is 19.9 Å². The molecule has 2 N–H and O–H groups in total. The Hall–Kier alpha value is -2.08. The van der Waals surface area contributed by atoms with Gasteiger partial charge in [0, 0.05) is 25.7 Å². The molecule has 1 unspecified atom stereocenters. The van der Waals surface area contributed by atoms with Gasteiger partial charge in [0.25, 0.3) is 0 Å². The van der Waals surface area contributed by atoms with Crippen LogP contribution in [0.2, 0.25) is 0 Å². The van der Waals surface area contributed by atoms with Crippen molar-refractivity contribution >= 4 is 0 Å². The van der Waals surface area contributed by atoms with Crippen molar-refractivity contribution in [3.63, 3.8) is 0 Å². The Kier molecular flexibility index (Phi) is 5.69. The van der Waals surface area contributed by atoms with Crippen LogP contribution in [0.4, 0.5) is 0 Å². The molecule has 1 fully saturated rings. The Balaban J connectivity index is 1.72. The molecule has 0 aromatic heterocycles. The molecule has 0 amide bonds. The summed E-state index contributed by atoms with van der Waals surface area (Å²) in [5, 5.41) is 0. The van der Waals surface area contributed by atoms with E-state index in [2.05, 4.69) is 17.0 Å². The van der Waals surface area contributed by atoms with Crippen molar-refractivity contribution in [1.29, 1.82) is 0 Å². The van der Waals surface area contributed by atoms with Crippen LogP contribution >= 0.6 is 0 Å². The fourth-order valence-corrected chi connectivity index (χ4v) is 2.97. The minimum Gasteiger partial charge on any atom is -0.493 e. The van der Waals surface area contributed by atoms with Gasteiger partial charge in [-0.15, -0.1) is 0 Å². The average molecular weight is 328 g/mol. The van der Waals surface area contributed by atoms with Gasteiger partial charge in [-0.25, -0.2) is 0 Å². The van der Waals surface area contributed by atoms with Crippen LogP contribution in [0.15, 0.2) is 48.5 Å². The van der Waals surface area contributed by atoms with Crippen LogP contribution in [-0.2, 0) is 4.74 Å². The molecular weight excluding hydrogens is 304 g/mol. The molecule has 0 aliphatic carbocycles. The lowest BCUT2D eigenvalue weighted by molar-refractivity contribution is 0.0179. The smallest absolute Gasteiger partial charge is 0.169 e. The van der Waals surface area contributed by atoms with E-state index in [1.165, 1.54) is 5.56 Å². The van der Waals surface area contributed by atoms with Crippen LogP contribution in [0, 0.1) is 0 Å². The maximum absolute atomic E-state index is 6.00. The van der Waals surface area contributed by atoms with Crippen molar-refractivity contribution in [3.8, 4) is 17.2 Å². The normalized spacial score (nSPS) is 16.6. The molecule has 128 valence electrons. The first kappa shape index (κ1) is 16.8. The van der Waals surface area contributed by atoms with Crippen LogP contribution in [-0.4, -0.2) is 44.9 Å². The second kappa shape index (κ2) is 8.15. The minimum atomic E-state index is 0.217. The summed E-state index contributed by atoms with van der Waals surface area (Å²) in [5.74, 6) is 2.20. The van der Waals surface area contributed by atoms with Gasteiger partial charge in [0.2, 0.25) is 0 Å². The van der Waals surface area contributed by atoms with E-state index < -0.39 is 0 Å². The van der Waals surface area contributed by atoms with Gasteiger partial charge in [-0.2, -0.15) is 0 Å². The first-order valence-electron chi connectivity index (χ1n) is 8.24. The third-order valence-corrected chi connectivity index (χ3v) is 4.27. The van der Waals surface area contributed by atoms with E-state index >= 15 is 0 Å². The van der Waals surface area contributed by atoms with E-state index in [0.29, 0.717) is 12.3 Å². The van der Waals surface area contributed by atoms with Crippen LogP contribution in [0.3, 0.4) is 0 Å². The van der Waals surface area contributed by atoms with Crippen LogP contribution in [0.25, 0.3) is 0 Å². The molecule has 2 aromatic carbocycles. The number of nitrogens with zero attached hydrogens (tertiary/aromatic N) is 1. The number of benzene rings is 2. The van der Waals surface area contributed by atoms with Gasteiger partial charge in [-0.1, -0.05) is 24.3 Å². The molecule has 1 heterocycles. The standard InChI is InChI=1S/C19H24N2O3/c1-22-18-4-2-3-5-19(18)24-16-8-6-15(7-9-16)17(14-20)21-10-12-23-13-11-21/h2-9,17H,10-14,20H2,1H3. The summed E-state index contributed by atoms with van der Waals surface area (Å²) in [6, 6.07) is 16.0. The van der Waals surface area contributed by atoms with E-state index in [4.69, 9.17) is 19.9 Å². The van der Waals surface area contributed by atoms with Crippen molar-refractivity contribution in [2.24, 2.45) is 5.73 Å². The highest BCUT2D eigenvalue weighted by atomic mass is 16.5. The quantitative estimate of drug-likeness (QED) is 0.884. The summed E-state index contributed by atoms with van der Waals surface area (Å²) in [6.45, 7) is 3.96. The fourth-order valence-electron chi connectivity index (χ4n) is 2.97. The van der Waals surface area contributed by atoms with E-state index in [-0.39, 0.29) is 6.04 Å². The SMILES string of the molecule is COc1ccccc1Oc1ccc(C(CN)N2CCOCC2)cc1. The van der Waals surface area contributed by atoms with Crippen LogP contribution < -0.4 is 15.2 Å². The predicted octanol–water partition coefficient (Wildman–Crippen LogP) is 2.82. The third-order valence-electron chi connectivity index (χ3n) is 4.27. The maximum Gasteiger partial charge on any atom is 0.169 e. The third kappa shape index (κ3) is 3.87. The number of nitrogens with two attached hydrogens (primary N) is 1. The minimum absolute atomic E-state index is 0.217. The average Bonchev–Trinajstić information content (AvgIpc) is 2.65. The Bertz CT molecular complexity index is 639. The number of methoxy groups -OCH3 is 1. The van der Waals surface area contributed by atoms with Gasteiger partial charge in [-0.05, 0) is 29.8 Å². The summed E-state index contributed by atoms with van der Waals surface area (Å²) in [7, 11) is 1.64. The van der Waals surface area contributed by atoms with Crippen molar-refractivity contribution in [1.82, 2.24) is 4.90 Å². The van der Waals surface area contributed by atoms with Crippen molar-refractivity contribution < 1.29 is 14.2 Å². The number of rotatable bonds is 6. The number of hydrogen-bond donors (Lipinski definition) is 1. The summed E-state index contributed by atoms with van der Waals surface area (Å²) >= 11 is 0. The molecular formula is C19H24N2O3. The second-order valence-electron chi connectivity index (χ2n) is 5.72. The lowest BCUT2D eigenvalue weighted by Gasteiger charge is -2.34. The van der Waals surface area contributed by atoms with Gasteiger partial charge in [0.15, 0.2) is 11.5 Å². The van der Waals surface area contributed by atoms with Crippen molar-refractivity contribution in [3.05, 3.63) is 54.1 Å². The summed E-state index contributed by atoms with van der Waals surface area (Å²) in [5.41, 5.74) is 7.21. The lowest BCUT2D eigenvalue weighted by Crippen LogP contribution is -2.41. The number of hydrogen-bond acceptors (Lipinski definition) is 5. The van der Waals surface area contributed by atoms with E-state index in [9.17, 15) is 0 Å². The molecule has 5 heteroatoms. The van der Waals surface area contributed by atoms with Gasteiger partial charge in [0.1, 0.15) is 5.75 Å². The Morgan fingerprint density at radius 2 is 1.71 bits per heavy atom. The first-order chi connectivity index (χ1) is 11.8. The number of morpholine rings is 1. The Morgan fingerprint density at radius 1 is 1.04 bits per heavy atom. The number of para-hydroxylation sites is 2. The van der Waals surface area contributed by atoms with Gasteiger partial charge in [-0.3, -0.25) is 4.90 Å². The molecule has 5 nitrogen and oxygen atoms in total. The maximum atomic E-state index is 6.00. The number of ether oxygens (including phenoxy) is 3. The van der Waals surface area contributed by atoms with Crippen molar-refractivity contribution in [2.75, 3.05) is 40.0 Å². The van der Waals surface area contributed by atoms with Crippen molar-refractivity contribution in [2.45, 2.75) is 6.04 Å². The Morgan fingerprint density at radius 3 is 2.33 bits per heavy atom. The molecule has 0 spiro atoms. The zero-order valence-electron chi connectivity index (χ0n) is 14.0. The summed E-state index contributed by atoms with van der Waals surface area (Å²) in [6.07, 6.45) is 0. The molecule has 1 aliphatic heterocycles. The van der Waals surface area contributed by atoms with E-state index in [0.717, 1.165) is 37.8 Å². The molecule has 1 atom stereocenters. The fraction of sp³-hybridized carbons (Fsp3) is 0.368. The highest BCUT2D eigenvalue weighted by Crippen LogP contribution is 2.31. The first-order valence-corrected chi connectivity index (χ1v) is 8.24. The monoisotopic (exact) mass is 328 g/mol.